The van der Waals surface area contributed by atoms with Crippen molar-refractivity contribution in [2.45, 2.75) is 13.5 Å². The van der Waals surface area contributed by atoms with Crippen molar-refractivity contribution < 1.29 is 9.72 Å². The van der Waals surface area contributed by atoms with E-state index in [-0.39, 0.29) is 22.8 Å². The van der Waals surface area contributed by atoms with E-state index in [4.69, 9.17) is 11.6 Å². The van der Waals surface area contributed by atoms with Gasteiger partial charge in [-0.05, 0) is 13.0 Å². The number of hydrogen-bond donors (Lipinski definition) is 1. The van der Waals surface area contributed by atoms with Gasteiger partial charge in [-0.2, -0.15) is 0 Å². The number of benzene rings is 1. The SMILES string of the molecule is Cc1cnc(CNC(=O)c2cccc([N+](=O)[O-])c2Cl)cn1. The molecule has 0 atom stereocenters. The Morgan fingerprint density at radius 2 is 2.14 bits per heavy atom. The normalized spacial score (nSPS) is 10.2. The van der Waals surface area contributed by atoms with Gasteiger partial charge < -0.3 is 5.32 Å². The van der Waals surface area contributed by atoms with Gasteiger partial charge in [0.2, 0.25) is 0 Å². The molecule has 0 spiro atoms. The minimum atomic E-state index is -0.634. The maximum atomic E-state index is 12.0. The summed E-state index contributed by atoms with van der Waals surface area (Å²) in [4.78, 5) is 30.3. The van der Waals surface area contributed by atoms with E-state index in [2.05, 4.69) is 15.3 Å². The zero-order valence-electron chi connectivity index (χ0n) is 11.0. The largest absolute Gasteiger partial charge is 0.346 e. The van der Waals surface area contributed by atoms with Gasteiger partial charge in [-0.1, -0.05) is 17.7 Å². The number of rotatable bonds is 4. The first-order valence-corrected chi connectivity index (χ1v) is 6.35. The summed E-state index contributed by atoms with van der Waals surface area (Å²) in [6.45, 7) is 1.96. The lowest BCUT2D eigenvalue weighted by atomic mass is 10.2. The standard InChI is InChI=1S/C13H11ClN4O3/c1-8-5-16-9(6-15-8)7-17-13(19)10-3-2-4-11(12(10)14)18(20)21/h2-6H,7H2,1H3,(H,17,19). The molecule has 7 nitrogen and oxygen atoms in total. The van der Waals surface area contributed by atoms with Crippen LogP contribution in [0.25, 0.3) is 0 Å². The second kappa shape index (κ2) is 6.27. The molecular weight excluding hydrogens is 296 g/mol. The molecule has 0 unspecified atom stereocenters. The van der Waals surface area contributed by atoms with Crippen molar-refractivity contribution in [1.82, 2.24) is 15.3 Å². The number of nitrogens with zero attached hydrogens (tertiary/aromatic N) is 3. The summed E-state index contributed by atoms with van der Waals surface area (Å²) >= 11 is 5.87. The molecule has 1 aromatic carbocycles. The van der Waals surface area contributed by atoms with Gasteiger partial charge in [0.05, 0.1) is 34.6 Å². The molecular formula is C13H11ClN4O3. The Labute approximate surface area is 125 Å². The van der Waals surface area contributed by atoms with Crippen LogP contribution in [0.2, 0.25) is 5.02 Å². The van der Waals surface area contributed by atoms with Crippen LogP contribution in [0.15, 0.2) is 30.6 Å². The molecule has 0 aliphatic carbocycles. The molecule has 1 aromatic heterocycles. The number of nitrogens with one attached hydrogen (secondary N) is 1. The molecule has 0 bridgehead atoms. The van der Waals surface area contributed by atoms with E-state index in [0.29, 0.717) is 5.69 Å². The summed E-state index contributed by atoms with van der Waals surface area (Å²) in [5, 5.41) is 13.2. The van der Waals surface area contributed by atoms with Crippen LogP contribution in [0.1, 0.15) is 21.7 Å². The highest BCUT2D eigenvalue weighted by Gasteiger charge is 2.19. The van der Waals surface area contributed by atoms with Gasteiger partial charge in [0.1, 0.15) is 5.02 Å². The van der Waals surface area contributed by atoms with Crippen molar-refractivity contribution in [3.8, 4) is 0 Å². The summed E-state index contributed by atoms with van der Waals surface area (Å²) in [7, 11) is 0. The van der Waals surface area contributed by atoms with Crippen molar-refractivity contribution in [3.63, 3.8) is 0 Å². The van der Waals surface area contributed by atoms with E-state index in [1.807, 2.05) is 0 Å². The van der Waals surface area contributed by atoms with Crippen molar-refractivity contribution in [2.75, 3.05) is 0 Å². The van der Waals surface area contributed by atoms with Gasteiger partial charge in [0.25, 0.3) is 11.6 Å². The van der Waals surface area contributed by atoms with E-state index in [0.717, 1.165) is 5.69 Å². The molecule has 0 saturated carbocycles. The molecule has 1 heterocycles. The maximum absolute atomic E-state index is 12.0. The molecule has 0 aliphatic rings. The molecule has 2 aromatic rings. The smallest absolute Gasteiger partial charge is 0.288 e. The van der Waals surface area contributed by atoms with Crippen molar-refractivity contribution in [1.29, 1.82) is 0 Å². The zero-order chi connectivity index (χ0) is 15.4. The van der Waals surface area contributed by atoms with Crippen LogP contribution >= 0.6 is 11.6 Å². The Kier molecular flexibility index (Phi) is 4.44. The molecule has 0 radical (unpaired) electrons. The third-order valence-electron chi connectivity index (χ3n) is 2.68. The number of nitro benzene ring substituents is 1. The van der Waals surface area contributed by atoms with Crippen molar-refractivity contribution in [3.05, 3.63) is 62.7 Å². The Bertz CT molecular complexity index is 688. The first-order valence-electron chi connectivity index (χ1n) is 5.97. The lowest BCUT2D eigenvalue weighted by molar-refractivity contribution is -0.384. The first kappa shape index (κ1) is 14.9. The Morgan fingerprint density at radius 1 is 1.38 bits per heavy atom. The number of hydrogen-bond acceptors (Lipinski definition) is 5. The fourth-order valence-corrected chi connectivity index (χ4v) is 1.89. The Morgan fingerprint density at radius 3 is 2.76 bits per heavy atom. The van der Waals surface area contributed by atoms with Crippen LogP contribution in [-0.2, 0) is 6.54 Å². The molecule has 0 aliphatic heterocycles. The average Bonchev–Trinajstić information content (AvgIpc) is 2.46. The summed E-state index contributed by atoms with van der Waals surface area (Å²) in [5.41, 5.74) is 1.09. The van der Waals surface area contributed by atoms with Crippen LogP contribution in [0.3, 0.4) is 0 Å². The number of halogens is 1. The minimum Gasteiger partial charge on any atom is -0.346 e. The maximum Gasteiger partial charge on any atom is 0.288 e. The lowest BCUT2D eigenvalue weighted by Crippen LogP contribution is -2.23. The van der Waals surface area contributed by atoms with Crippen molar-refractivity contribution in [2.24, 2.45) is 0 Å². The van der Waals surface area contributed by atoms with Crippen LogP contribution in [0, 0.1) is 17.0 Å². The Hall–Kier alpha value is -2.54. The van der Waals surface area contributed by atoms with Gasteiger partial charge in [-0.25, -0.2) is 0 Å². The number of nitro groups is 1. The molecule has 8 heteroatoms. The summed E-state index contributed by atoms with van der Waals surface area (Å²) in [6, 6.07) is 4.07. The van der Waals surface area contributed by atoms with Gasteiger partial charge in [-0.15, -0.1) is 0 Å². The number of carbonyl (C=O) groups is 1. The predicted molar refractivity (Wildman–Crippen MR) is 76.0 cm³/mol. The fourth-order valence-electron chi connectivity index (χ4n) is 1.61. The molecule has 0 fully saturated rings. The molecule has 0 saturated heterocycles. The van der Waals surface area contributed by atoms with E-state index < -0.39 is 10.8 Å². The molecule has 108 valence electrons. The highest BCUT2D eigenvalue weighted by molar-refractivity contribution is 6.35. The third kappa shape index (κ3) is 3.51. The van der Waals surface area contributed by atoms with Crippen LogP contribution in [0.5, 0.6) is 0 Å². The van der Waals surface area contributed by atoms with Crippen LogP contribution in [-0.4, -0.2) is 20.8 Å². The zero-order valence-corrected chi connectivity index (χ0v) is 11.8. The number of aromatic nitrogens is 2. The summed E-state index contributed by atoms with van der Waals surface area (Å²) in [6.07, 6.45) is 3.13. The highest BCUT2D eigenvalue weighted by atomic mass is 35.5. The van der Waals surface area contributed by atoms with Gasteiger partial charge in [0, 0.05) is 12.3 Å². The average molecular weight is 307 g/mol. The van der Waals surface area contributed by atoms with Crippen LogP contribution in [0.4, 0.5) is 5.69 Å². The molecule has 1 amide bonds. The van der Waals surface area contributed by atoms with E-state index in [1.165, 1.54) is 18.2 Å². The second-order valence-electron chi connectivity index (χ2n) is 4.23. The quantitative estimate of drug-likeness (QED) is 0.690. The van der Waals surface area contributed by atoms with Gasteiger partial charge in [0.15, 0.2) is 0 Å². The topological polar surface area (TPSA) is 98.0 Å². The van der Waals surface area contributed by atoms with Gasteiger partial charge >= 0.3 is 0 Å². The van der Waals surface area contributed by atoms with E-state index in [9.17, 15) is 14.9 Å². The van der Waals surface area contributed by atoms with Crippen LogP contribution < -0.4 is 5.32 Å². The summed E-state index contributed by atoms with van der Waals surface area (Å²) < 4.78 is 0. The van der Waals surface area contributed by atoms with E-state index >= 15 is 0 Å². The number of aryl methyl sites for hydroxylation is 1. The number of carbonyl (C=O) groups excluding carboxylic acids is 1. The summed E-state index contributed by atoms with van der Waals surface area (Å²) in [5.74, 6) is -0.508. The third-order valence-corrected chi connectivity index (χ3v) is 3.08. The van der Waals surface area contributed by atoms with Gasteiger partial charge in [-0.3, -0.25) is 24.9 Å². The molecule has 2 rings (SSSR count). The Balaban J connectivity index is 2.12. The fraction of sp³-hybridized carbons (Fsp3) is 0.154. The van der Waals surface area contributed by atoms with Crippen molar-refractivity contribution >= 4 is 23.2 Å². The molecule has 21 heavy (non-hydrogen) atoms. The number of amides is 1. The molecule has 1 N–H and O–H groups in total. The first-order chi connectivity index (χ1) is 9.99. The second-order valence-corrected chi connectivity index (χ2v) is 4.61. The van der Waals surface area contributed by atoms with E-state index in [1.54, 1.807) is 19.3 Å². The minimum absolute atomic E-state index is 0.0472. The highest BCUT2D eigenvalue weighted by Crippen LogP contribution is 2.27. The monoisotopic (exact) mass is 306 g/mol. The lowest BCUT2D eigenvalue weighted by Gasteiger charge is -2.06. The predicted octanol–water partition coefficient (Wildman–Crippen LogP) is 2.28.